The fraction of sp³-hybridized carbons (Fsp3) is 0.818. The van der Waals surface area contributed by atoms with Crippen molar-refractivity contribution in [2.24, 2.45) is 17.0 Å². The van der Waals surface area contributed by atoms with E-state index in [1.807, 2.05) is 0 Å². The number of carbonyl (C=O) groups excluding carboxylic acids is 2. The Hall–Kier alpha value is -1.26. The molecule has 0 aliphatic heterocycles. The number of nitrogens with zero attached hydrogens (tertiary/aromatic N) is 1. The van der Waals surface area contributed by atoms with Crippen molar-refractivity contribution in [2.45, 2.75) is 32.6 Å². The van der Waals surface area contributed by atoms with Crippen molar-refractivity contribution in [3.8, 4) is 0 Å². The molecule has 5 heteroatoms. The highest BCUT2D eigenvalue weighted by Crippen LogP contribution is 2.30. The Morgan fingerprint density at radius 3 is 2.50 bits per heavy atom. The minimum Gasteiger partial charge on any atom is -0.354 e. The van der Waals surface area contributed by atoms with Gasteiger partial charge in [-0.05, 0) is 19.8 Å². The first-order chi connectivity index (χ1) is 7.66. The molecule has 0 aromatic heterocycles. The summed E-state index contributed by atoms with van der Waals surface area (Å²) in [7, 11) is 0. The van der Waals surface area contributed by atoms with Gasteiger partial charge in [0, 0.05) is 18.4 Å². The highest BCUT2D eigenvalue weighted by Gasteiger charge is 2.33. The van der Waals surface area contributed by atoms with Gasteiger partial charge < -0.3 is 5.32 Å². The third kappa shape index (κ3) is 3.40. The van der Waals surface area contributed by atoms with Crippen LogP contribution in [0.2, 0.25) is 0 Å². The maximum absolute atomic E-state index is 11.8. The molecule has 0 spiro atoms. The second-order valence-electron chi connectivity index (χ2n) is 4.28. The van der Waals surface area contributed by atoms with Gasteiger partial charge in [0.2, 0.25) is 5.91 Å². The molecule has 1 saturated carbocycles. The molecule has 0 aromatic rings. The molecule has 0 heterocycles. The molecule has 16 heavy (non-hydrogen) atoms. The Bertz CT molecular complexity index is 278. The van der Waals surface area contributed by atoms with Crippen LogP contribution in [0.25, 0.3) is 0 Å². The SMILES string of the molecule is CC(=O)[C@@H]1CCCC[C@@H]1C(=O)NCCN=N. The van der Waals surface area contributed by atoms with Gasteiger partial charge in [0.1, 0.15) is 5.78 Å². The van der Waals surface area contributed by atoms with Gasteiger partial charge in [-0.1, -0.05) is 12.8 Å². The summed E-state index contributed by atoms with van der Waals surface area (Å²) in [6, 6.07) is 0. The lowest BCUT2D eigenvalue weighted by atomic mass is 9.77. The summed E-state index contributed by atoms with van der Waals surface area (Å²) < 4.78 is 0. The van der Waals surface area contributed by atoms with Crippen molar-refractivity contribution >= 4 is 11.7 Å². The van der Waals surface area contributed by atoms with Crippen LogP contribution >= 0.6 is 0 Å². The third-order valence-corrected chi connectivity index (χ3v) is 3.15. The highest BCUT2D eigenvalue weighted by atomic mass is 16.2. The number of hydrogen-bond acceptors (Lipinski definition) is 4. The van der Waals surface area contributed by atoms with E-state index < -0.39 is 0 Å². The Morgan fingerprint density at radius 2 is 1.94 bits per heavy atom. The molecule has 0 aromatic carbocycles. The van der Waals surface area contributed by atoms with Gasteiger partial charge >= 0.3 is 0 Å². The average molecular weight is 225 g/mol. The van der Waals surface area contributed by atoms with Gasteiger partial charge in [-0.3, -0.25) is 9.59 Å². The van der Waals surface area contributed by atoms with Gasteiger partial charge in [-0.25, -0.2) is 5.53 Å². The van der Waals surface area contributed by atoms with Crippen LogP contribution in [0, 0.1) is 17.4 Å². The van der Waals surface area contributed by atoms with E-state index in [-0.39, 0.29) is 23.5 Å². The normalized spacial score (nSPS) is 24.8. The minimum atomic E-state index is -0.169. The molecule has 90 valence electrons. The van der Waals surface area contributed by atoms with Crippen LogP contribution in [-0.2, 0) is 9.59 Å². The first kappa shape index (κ1) is 12.8. The molecule has 2 N–H and O–H groups in total. The molecule has 1 aliphatic carbocycles. The molecule has 0 radical (unpaired) electrons. The number of carbonyl (C=O) groups is 2. The van der Waals surface area contributed by atoms with Gasteiger partial charge in [-0.2, -0.15) is 5.11 Å². The standard InChI is InChI=1S/C11H19N3O2/c1-8(15)9-4-2-3-5-10(9)11(16)13-6-7-14-12/h9-10,12H,2-7H2,1H3,(H,13,16)/t9-,10-/m0/s1. The van der Waals surface area contributed by atoms with Gasteiger partial charge in [-0.15, -0.1) is 0 Å². The van der Waals surface area contributed by atoms with Crippen molar-refractivity contribution in [1.29, 1.82) is 5.53 Å². The van der Waals surface area contributed by atoms with Crippen LogP contribution in [0.5, 0.6) is 0 Å². The lowest BCUT2D eigenvalue weighted by Crippen LogP contribution is -2.40. The molecule has 1 rings (SSSR count). The van der Waals surface area contributed by atoms with Crippen molar-refractivity contribution < 1.29 is 9.59 Å². The van der Waals surface area contributed by atoms with E-state index in [0.29, 0.717) is 13.1 Å². The zero-order valence-corrected chi connectivity index (χ0v) is 9.66. The Labute approximate surface area is 95.5 Å². The number of amides is 1. The Kier molecular flexibility index (Phi) is 5.08. The van der Waals surface area contributed by atoms with Crippen molar-refractivity contribution in [2.75, 3.05) is 13.1 Å². The van der Waals surface area contributed by atoms with E-state index in [9.17, 15) is 9.59 Å². The quantitative estimate of drug-likeness (QED) is 0.549. The predicted octanol–water partition coefficient (Wildman–Crippen LogP) is 1.53. The monoisotopic (exact) mass is 225 g/mol. The number of Topliss-reactive ketones (excluding diaryl/α,β-unsaturated/α-hetero) is 1. The van der Waals surface area contributed by atoms with Crippen molar-refractivity contribution in [3.63, 3.8) is 0 Å². The summed E-state index contributed by atoms with van der Waals surface area (Å²) in [6.07, 6.45) is 3.69. The zero-order valence-electron chi connectivity index (χ0n) is 9.66. The summed E-state index contributed by atoms with van der Waals surface area (Å²) in [5.74, 6) is -0.216. The number of hydrogen-bond donors (Lipinski definition) is 2. The summed E-state index contributed by atoms with van der Waals surface area (Å²) >= 11 is 0. The predicted molar refractivity (Wildman–Crippen MR) is 59.2 cm³/mol. The number of rotatable bonds is 5. The number of ketones is 1. The highest BCUT2D eigenvalue weighted by molar-refractivity contribution is 5.87. The molecular weight excluding hydrogens is 206 g/mol. The van der Waals surface area contributed by atoms with Crippen molar-refractivity contribution in [3.05, 3.63) is 0 Å². The van der Waals surface area contributed by atoms with Gasteiger partial charge in [0.15, 0.2) is 0 Å². The summed E-state index contributed by atoms with van der Waals surface area (Å²) in [4.78, 5) is 23.2. The average Bonchev–Trinajstić information content (AvgIpc) is 2.29. The summed E-state index contributed by atoms with van der Waals surface area (Å²) in [5.41, 5.74) is 6.62. The molecule has 1 fully saturated rings. The largest absolute Gasteiger partial charge is 0.354 e. The molecule has 1 aliphatic rings. The van der Waals surface area contributed by atoms with Crippen LogP contribution < -0.4 is 5.32 Å². The topological polar surface area (TPSA) is 82.4 Å². The van der Waals surface area contributed by atoms with Crippen LogP contribution in [0.1, 0.15) is 32.6 Å². The molecule has 2 atom stereocenters. The molecule has 0 bridgehead atoms. The Balaban J connectivity index is 2.50. The van der Waals surface area contributed by atoms with Crippen LogP contribution in [-0.4, -0.2) is 24.8 Å². The van der Waals surface area contributed by atoms with E-state index in [4.69, 9.17) is 5.53 Å². The summed E-state index contributed by atoms with van der Waals surface area (Å²) in [5, 5.41) is 5.91. The fourth-order valence-corrected chi connectivity index (χ4v) is 2.30. The van der Waals surface area contributed by atoms with Crippen LogP contribution in [0.15, 0.2) is 5.11 Å². The maximum Gasteiger partial charge on any atom is 0.223 e. The first-order valence-electron chi connectivity index (χ1n) is 5.78. The molecular formula is C11H19N3O2. The third-order valence-electron chi connectivity index (χ3n) is 3.15. The van der Waals surface area contributed by atoms with Crippen LogP contribution in [0.3, 0.4) is 0 Å². The van der Waals surface area contributed by atoms with Gasteiger partial charge in [0.25, 0.3) is 0 Å². The van der Waals surface area contributed by atoms with E-state index in [1.165, 1.54) is 0 Å². The van der Waals surface area contributed by atoms with E-state index >= 15 is 0 Å². The van der Waals surface area contributed by atoms with Gasteiger partial charge in [0.05, 0.1) is 6.54 Å². The second kappa shape index (κ2) is 6.35. The fourth-order valence-electron chi connectivity index (χ4n) is 2.30. The van der Waals surface area contributed by atoms with E-state index in [1.54, 1.807) is 6.92 Å². The molecule has 1 amide bonds. The van der Waals surface area contributed by atoms with E-state index in [2.05, 4.69) is 10.4 Å². The first-order valence-corrected chi connectivity index (χ1v) is 5.78. The maximum atomic E-state index is 11.8. The van der Waals surface area contributed by atoms with Crippen LogP contribution in [0.4, 0.5) is 0 Å². The van der Waals surface area contributed by atoms with E-state index in [0.717, 1.165) is 25.7 Å². The smallest absolute Gasteiger partial charge is 0.223 e. The molecule has 0 unspecified atom stereocenters. The lowest BCUT2D eigenvalue weighted by Gasteiger charge is -2.28. The second-order valence-corrected chi connectivity index (χ2v) is 4.28. The summed E-state index contributed by atoms with van der Waals surface area (Å²) in [6.45, 7) is 2.27. The lowest BCUT2D eigenvalue weighted by molar-refractivity contribution is -0.134. The van der Waals surface area contributed by atoms with Crippen molar-refractivity contribution in [1.82, 2.24) is 5.32 Å². The molecule has 5 nitrogen and oxygen atoms in total. The Morgan fingerprint density at radius 1 is 1.31 bits per heavy atom. The number of nitrogens with one attached hydrogen (secondary N) is 2. The zero-order chi connectivity index (χ0) is 12.0. The minimum absolute atomic E-state index is 0.0523. The molecule has 0 saturated heterocycles.